The van der Waals surface area contributed by atoms with Crippen molar-refractivity contribution in [1.29, 1.82) is 0 Å². The highest BCUT2D eigenvalue weighted by Crippen LogP contribution is 2.36. The molecule has 0 atom stereocenters. The summed E-state index contributed by atoms with van der Waals surface area (Å²) in [5, 5.41) is 14.3. The Bertz CT molecular complexity index is 958. The predicted molar refractivity (Wildman–Crippen MR) is 90.5 cm³/mol. The highest BCUT2D eigenvalue weighted by atomic mass is 35.5. The lowest BCUT2D eigenvalue weighted by atomic mass is 10.3. The minimum atomic E-state index is 0.661. The number of fused-ring (bicyclic) bond motifs is 1. The largest absolute Gasteiger partial charge is 0.228 e. The van der Waals surface area contributed by atoms with Crippen molar-refractivity contribution in [2.45, 2.75) is 16.4 Å². The van der Waals surface area contributed by atoms with Gasteiger partial charge in [0.2, 0.25) is 5.16 Å². The van der Waals surface area contributed by atoms with Gasteiger partial charge in [0, 0.05) is 4.88 Å². The summed E-state index contributed by atoms with van der Waals surface area (Å²) < 4.78 is 3.66. The molecule has 0 spiro atoms. The van der Waals surface area contributed by atoms with Crippen LogP contribution in [0.3, 0.4) is 0 Å². The third-order valence-corrected chi connectivity index (χ3v) is 6.20. The molecule has 0 unspecified atom stereocenters. The number of nitrogens with zero attached hydrogens (tertiary/aromatic N) is 5. The van der Waals surface area contributed by atoms with Gasteiger partial charge in [-0.3, -0.25) is 0 Å². The Balaban J connectivity index is 1.71. The minimum Gasteiger partial charge on any atom is -0.228 e. The number of thiazole rings is 1. The van der Waals surface area contributed by atoms with Gasteiger partial charge in [0.1, 0.15) is 10.5 Å². The molecule has 5 nitrogen and oxygen atoms in total. The van der Waals surface area contributed by atoms with E-state index in [-0.39, 0.29) is 0 Å². The molecule has 0 N–H and O–H groups in total. The average Bonchev–Trinajstić information content (AvgIpc) is 3.19. The monoisotopic (exact) mass is 365 g/mol. The fraction of sp³-hybridized carbons (Fsp3) is 0.0769. The van der Waals surface area contributed by atoms with Gasteiger partial charge in [-0.15, -0.1) is 27.8 Å². The molecular formula is C13H8ClN5S3. The molecule has 9 heteroatoms. The van der Waals surface area contributed by atoms with Crippen molar-refractivity contribution in [1.82, 2.24) is 25.2 Å². The van der Waals surface area contributed by atoms with Crippen molar-refractivity contribution in [3.8, 4) is 5.00 Å². The highest BCUT2D eigenvalue weighted by molar-refractivity contribution is 8.01. The number of aromatic nitrogens is 5. The van der Waals surface area contributed by atoms with Gasteiger partial charge in [-0.05, 0) is 53.4 Å². The Hall–Kier alpha value is -1.48. The lowest BCUT2D eigenvalue weighted by Gasteiger charge is -1.98. The molecule has 0 bridgehead atoms. The van der Waals surface area contributed by atoms with Gasteiger partial charge in [-0.25, -0.2) is 4.98 Å². The van der Waals surface area contributed by atoms with Crippen LogP contribution in [0.1, 0.15) is 4.88 Å². The van der Waals surface area contributed by atoms with Gasteiger partial charge < -0.3 is 0 Å². The standard InChI is InChI=1S/C13H8ClN5S3/c1-7-5-6-10(20-7)19-12(16-17-18-19)22-13-15-11-8(14)3-2-4-9(11)21-13/h2-6H,1H3. The Morgan fingerprint density at radius 2 is 2.09 bits per heavy atom. The number of rotatable bonds is 3. The fourth-order valence-electron chi connectivity index (χ4n) is 1.93. The molecule has 3 aromatic heterocycles. The number of para-hydroxylation sites is 1. The average molecular weight is 366 g/mol. The first kappa shape index (κ1) is 14.1. The zero-order valence-corrected chi connectivity index (χ0v) is 14.4. The number of halogens is 1. The Morgan fingerprint density at radius 1 is 1.18 bits per heavy atom. The summed E-state index contributed by atoms with van der Waals surface area (Å²) in [6, 6.07) is 9.84. The van der Waals surface area contributed by atoms with Crippen LogP contribution < -0.4 is 0 Å². The van der Waals surface area contributed by atoms with Crippen molar-refractivity contribution in [3.05, 3.63) is 40.2 Å². The molecule has 0 saturated heterocycles. The Kier molecular flexibility index (Phi) is 3.61. The third kappa shape index (κ3) is 2.52. The van der Waals surface area contributed by atoms with Crippen molar-refractivity contribution < 1.29 is 0 Å². The van der Waals surface area contributed by atoms with E-state index in [1.165, 1.54) is 16.6 Å². The van der Waals surface area contributed by atoms with Crippen LogP contribution in [0.25, 0.3) is 15.2 Å². The second-order valence-corrected chi connectivity index (χ2v) is 8.34. The topological polar surface area (TPSA) is 56.5 Å². The van der Waals surface area contributed by atoms with Crippen molar-refractivity contribution in [2.75, 3.05) is 0 Å². The van der Waals surface area contributed by atoms with Crippen LogP contribution in [0.15, 0.2) is 39.8 Å². The fourth-order valence-corrected chi connectivity index (χ4v) is 5.05. The molecule has 4 rings (SSSR count). The smallest absolute Gasteiger partial charge is 0.221 e. The molecule has 3 heterocycles. The van der Waals surface area contributed by atoms with Crippen molar-refractivity contribution >= 4 is 56.3 Å². The first-order valence-electron chi connectivity index (χ1n) is 6.29. The van der Waals surface area contributed by atoms with Gasteiger partial charge in [-0.1, -0.05) is 17.7 Å². The Morgan fingerprint density at radius 3 is 2.86 bits per heavy atom. The lowest BCUT2D eigenvalue weighted by Crippen LogP contribution is -1.95. The van der Waals surface area contributed by atoms with Gasteiger partial charge in [-0.2, -0.15) is 4.68 Å². The first-order chi connectivity index (χ1) is 10.7. The summed E-state index contributed by atoms with van der Waals surface area (Å²) in [7, 11) is 0. The lowest BCUT2D eigenvalue weighted by molar-refractivity contribution is 0.768. The van der Waals surface area contributed by atoms with Crippen LogP contribution in [0.4, 0.5) is 0 Å². The molecule has 0 saturated carbocycles. The van der Waals surface area contributed by atoms with Crippen LogP contribution in [0.5, 0.6) is 0 Å². The van der Waals surface area contributed by atoms with Gasteiger partial charge in [0.15, 0.2) is 4.34 Å². The normalized spacial score (nSPS) is 11.4. The van der Waals surface area contributed by atoms with Crippen molar-refractivity contribution in [2.24, 2.45) is 0 Å². The number of hydrogen-bond donors (Lipinski definition) is 0. The molecule has 0 aliphatic rings. The quantitative estimate of drug-likeness (QED) is 0.537. The molecule has 0 aliphatic carbocycles. The van der Waals surface area contributed by atoms with E-state index >= 15 is 0 Å². The molecule has 22 heavy (non-hydrogen) atoms. The van der Waals surface area contributed by atoms with E-state index in [2.05, 4.69) is 27.4 Å². The number of benzene rings is 1. The van der Waals surface area contributed by atoms with E-state index in [1.807, 2.05) is 30.3 Å². The minimum absolute atomic E-state index is 0.661. The summed E-state index contributed by atoms with van der Waals surface area (Å²) >= 11 is 10.8. The van der Waals surface area contributed by atoms with Crippen LogP contribution >= 0.6 is 46.0 Å². The zero-order chi connectivity index (χ0) is 15.1. The van der Waals surface area contributed by atoms with E-state index in [0.717, 1.165) is 19.6 Å². The Labute approximate surface area is 143 Å². The van der Waals surface area contributed by atoms with Crippen LogP contribution in [0.2, 0.25) is 5.02 Å². The molecule has 0 aliphatic heterocycles. The molecule has 0 amide bonds. The maximum Gasteiger partial charge on any atom is 0.221 e. The molecule has 1 aromatic carbocycles. The maximum absolute atomic E-state index is 6.17. The number of hydrogen-bond acceptors (Lipinski definition) is 7. The second kappa shape index (κ2) is 5.62. The summed E-state index contributed by atoms with van der Waals surface area (Å²) in [4.78, 5) is 5.79. The van der Waals surface area contributed by atoms with E-state index in [0.29, 0.717) is 10.2 Å². The van der Waals surface area contributed by atoms with Gasteiger partial charge >= 0.3 is 0 Å². The van der Waals surface area contributed by atoms with E-state index in [4.69, 9.17) is 11.6 Å². The second-order valence-electron chi connectivity index (χ2n) is 4.43. The number of thiophene rings is 1. The maximum atomic E-state index is 6.17. The third-order valence-electron chi connectivity index (χ3n) is 2.90. The molecular weight excluding hydrogens is 358 g/mol. The van der Waals surface area contributed by atoms with Crippen LogP contribution in [0, 0.1) is 6.92 Å². The molecule has 0 radical (unpaired) electrons. The SMILES string of the molecule is Cc1ccc(-n2nnnc2Sc2nc3c(Cl)cccc3s2)s1. The zero-order valence-electron chi connectivity index (χ0n) is 11.2. The predicted octanol–water partition coefficient (Wildman–Crippen LogP) is 4.45. The molecule has 0 fully saturated rings. The first-order valence-corrected chi connectivity index (χ1v) is 9.11. The number of aryl methyl sites for hydroxylation is 1. The summed E-state index contributed by atoms with van der Waals surface area (Å²) in [6.45, 7) is 2.06. The van der Waals surface area contributed by atoms with Gasteiger partial charge in [0.25, 0.3) is 0 Å². The van der Waals surface area contributed by atoms with Gasteiger partial charge in [0.05, 0.1) is 9.72 Å². The van der Waals surface area contributed by atoms with Crippen LogP contribution in [-0.4, -0.2) is 25.2 Å². The van der Waals surface area contributed by atoms with Crippen molar-refractivity contribution in [3.63, 3.8) is 0 Å². The highest BCUT2D eigenvalue weighted by Gasteiger charge is 2.15. The summed E-state index contributed by atoms with van der Waals surface area (Å²) in [5.41, 5.74) is 0.822. The van der Waals surface area contributed by atoms with E-state index in [9.17, 15) is 0 Å². The van der Waals surface area contributed by atoms with E-state index in [1.54, 1.807) is 27.4 Å². The van der Waals surface area contributed by atoms with Crippen LogP contribution in [-0.2, 0) is 0 Å². The molecule has 4 aromatic rings. The summed E-state index contributed by atoms with van der Waals surface area (Å²) in [5.74, 6) is 0. The molecule has 110 valence electrons. The van der Waals surface area contributed by atoms with E-state index < -0.39 is 0 Å². The number of tetrazole rings is 1. The summed E-state index contributed by atoms with van der Waals surface area (Å²) in [6.07, 6.45) is 0.